The molecule has 0 spiro atoms. The molecule has 3 aromatic heterocycles. The molecule has 4 rings (SSSR count). The largest absolute Gasteiger partial charge is 0.497 e. The van der Waals surface area contributed by atoms with E-state index in [1.54, 1.807) is 57.2 Å². The molecule has 4 aromatic rings. The van der Waals surface area contributed by atoms with Crippen LogP contribution in [0.5, 0.6) is 11.6 Å². The Morgan fingerprint density at radius 2 is 1.75 bits per heavy atom. The van der Waals surface area contributed by atoms with Gasteiger partial charge >= 0.3 is 7.82 Å². The molecule has 0 atom stereocenters. The molecule has 0 bridgehead atoms. The van der Waals surface area contributed by atoms with Crippen LogP contribution >= 0.6 is 7.82 Å². The van der Waals surface area contributed by atoms with Crippen molar-refractivity contribution in [3.63, 3.8) is 0 Å². The Balaban J connectivity index is 1.76. The van der Waals surface area contributed by atoms with Gasteiger partial charge < -0.3 is 24.3 Å². The number of carbonyl (C=O) groups excluding carboxylic acids is 1. The zero-order valence-electron chi connectivity index (χ0n) is 25.8. The molecule has 0 fully saturated rings. The highest BCUT2D eigenvalue weighted by Crippen LogP contribution is 2.50. The lowest BCUT2D eigenvalue weighted by molar-refractivity contribution is -0.111. The SMILES string of the molecule is CCOP(=O)(OCC)OCn1cc(-c2ccnc(OC)c2)c2cc(-c3cc(NC(=O)C=CCN(C)C)cc(OC)c3)cnc21. The molecule has 1 aromatic carbocycles. The van der Waals surface area contributed by atoms with E-state index in [0.717, 1.165) is 27.6 Å². The summed E-state index contributed by atoms with van der Waals surface area (Å²) in [5.41, 5.74) is 4.38. The zero-order chi connectivity index (χ0) is 31.7. The number of benzene rings is 1. The summed E-state index contributed by atoms with van der Waals surface area (Å²) in [5.74, 6) is 0.777. The maximum Gasteiger partial charge on any atom is 0.476 e. The van der Waals surface area contributed by atoms with Gasteiger partial charge in [0, 0.05) is 65.5 Å². The van der Waals surface area contributed by atoms with Crippen molar-refractivity contribution in [2.75, 3.05) is 53.4 Å². The predicted molar refractivity (Wildman–Crippen MR) is 170 cm³/mol. The average Bonchev–Trinajstić information content (AvgIpc) is 3.38. The third kappa shape index (κ3) is 8.31. The van der Waals surface area contributed by atoms with Gasteiger partial charge in [0.1, 0.15) is 18.1 Å². The van der Waals surface area contributed by atoms with E-state index in [1.165, 1.54) is 6.08 Å². The number of fused-ring (bicyclic) bond motifs is 1. The fraction of sp³-hybridized carbons (Fsp3) is 0.323. The number of phosphoric acid groups is 1. The molecular weight excluding hydrogens is 585 g/mol. The number of amides is 1. The van der Waals surface area contributed by atoms with Gasteiger partial charge in [0.25, 0.3) is 0 Å². The van der Waals surface area contributed by atoms with Crippen molar-refractivity contribution in [3.8, 4) is 33.9 Å². The molecular formula is C31H38N5O7P. The molecule has 44 heavy (non-hydrogen) atoms. The fourth-order valence-corrected chi connectivity index (χ4v) is 5.54. The van der Waals surface area contributed by atoms with E-state index in [0.29, 0.717) is 29.5 Å². The van der Waals surface area contributed by atoms with Crippen LogP contribution in [0.3, 0.4) is 0 Å². The lowest BCUT2D eigenvalue weighted by Gasteiger charge is -2.16. The number of hydrogen-bond acceptors (Lipinski definition) is 10. The quantitative estimate of drug-likeness (QED) is 0.125. The highest BCUT2D eigenvalue weighted by atomic mass is 31.2. The van der Waals surface area contributed by atoms with Crippen molar-refractivity contribution >= 4 is 30.5 Å². The monoisotopic (exact) mass is 623 g/mol. The summed E-state index contributed by atoms with van der Waals surface area (Å²) in [5, 5.41) is 3.70. The number of aromatic nitrogens is 3. The first-order chi connectivity index (χ1) is 21.2. The van der Waals surface area contributed by atoms with E-state index < -0.39 is 7.82 Å². The zero-order valence-corrected chi connectivity index (χ0v) is 26.7. The van der Waals surface area contributed by atoms with E-state index >= 15 is 0 Å². The van der Waals surface area contributed by atoms with Gasteiger partial charge in [0.2, 0.25) is 11.8 Å². The van der Waals surface area contributed by atoms with Crippen LogP contribution < -0.4 is 14.8 Å². The lowest BCUT2D eigenvalue weighted by Crippen LogP contribution is -2.13. The first-order valence-corrected chi connectivity index (χ1v) is 15.5. The third-order valence-corrected chi connectivity index (χ3v) is 7.96. The van der Waals surface area contributed by atoms with E-state index in [9.17, 15) is 9.36 Å². The summed E-state index contributed by atoms with van der Waals surface area (Å²) in [6.07, 6.45) is 8.53. The molecule has 1 amide bonds. The molecule has 0 aliphatic rings. The van der Waals surface area contributed by atoms with Gasteiger partial charge in [-0.1, -0.05) is 6.08 Å². The van der Waals surface area contributed by atoms with Crippen LogP contribution in [0.15, 0.2) is 67.1 Å². The average molecular weight is 624 g/mol. The maximum atomic E-state index is 13.0. The van der Waals surface area contributed by atoms with Crippen molar-refractivity contribution in [2.24, 2.45) is 0 Å². The first-order valence-electron chi connectivity index (χ1n) is 14.0. The summed E-state index contributed by atoms with van der Waals surface area (Å²) in [7, 11) is 3.22. The number of pyridine rings is 2. The van der Waals surface area contributed by atoms with Crippen LogP contribution in [-0.4, -0.2) is 73.4 Å². The predicted octanol–water partition coefficient (Wildman–Crippen LogP) is 5.99. The molecule has 0 unspecified atom stereocenters. The van der Waals surface area contributed by atoms with Gasteiger partial charge in [-0.3, -0.25) is 18.4 Å². The summed E-state index contributed by atoms with van der Waals surface area (Å²) in [6.45, 7) is 4.29. The summed E-state index contributed by atoms with van der Waals surface area (Å²) in [6, 6.07) is 11.2. The van der Waals surface area contributed by atoms with E-state index in [2.05, 4.69) is 10.3 Å². The first kappa shape index (κ1) is 32.8. The maximum absolute atomic E-state index is 13.0. The Labute approximate surface area is 257 Å². The normalized spacial score (nSPS) is 11.9. The van der Waals surface area contributed by atoms with Crippen LogP contribution in [-0.2, 0) is 29.7 Å². The third-order valence-electron chi connectivity index (χ3n) is 6.38. The number of anilines is 1. The standard InChI is InChI=1S/C31H38N5O7P/c1-7-41-44(38,42-8-2)43-21-36-20-28(22-11-12-32-30(17-22)40-6)27-16-24(19-33-31(27)36)23-14-25(18-26(15-23)39-5)34-29(37)10-9-13-35(3)4/h9-12,14-20H,7-8,13,21H2,1-6H3,(H,34,37). The molecule has 3 heterocycles. The van der Waals surface area contributed by atoms with Gasteiger partial charge in [-0.05, 0) is 63.3 Å². The van der Waals surface area contributed by atoms with Gasteiger partial charge in [-0.2, -0.15) is 0 Å². The highest BCUT2D eigenvalue weighted by molar-refractivity contribution is 7.48. The van der Waals surface area contributed by atoms with Crippen molar-refractivity contribution < 1.29 is 32.4 Å². The summed E-state index contributed by atoms with van der Waals surface area (Å²) < 4.78 is 41.9. The molecule has 0 aliphatic carbocycles. The second-order valence-corrected chi connectivity index (χ2v) is 11.5. The number of methoxy groups -OCH3 is 2. The van der Waals surface area contributed by atoms with Crippen LogP contribution in [0.2, 0.25) is 0 Å². The van der Waals surface area contributed by atoms with E-state index in [-0.39, 0.29) is 25.9 Å². The molecule has 0 saturated heterocycles. The number of phosphoric ester groups is 1. The minimum atomic E-state index is -3.77. The second-order valence-electron chi connectivity index (χ2n) is 9.84. The number of nitrogens with one attached hydrogen (secondary N) is 1. The number of hydrogen-bond donors (Lipinski definition) is 1. The molecule has 234 valence electrons. The van der Waals surface area contributed by atoms with Crippen LogP contribution in [0.4, 0.5) is 5.69 Å². The highest BCUT2D eigenvalue weighted by Gasteiger charge is 2.26. The number of ether oxygens (including phenoxy) is 2. The second kappa shape index (κ2) is 15.1. The van der Waals surface area contributed by atoms with Gasteiger partial charge in [0.05, 0.1) is 27.4 Å². The van der Waals surface area contributed by atoms with Crippen LogP contribution in [0.25, 0.3) is 33.3 Å². The Kier molecular flexibility index (Phi) is 11.3. The van der Waals surface area contributed by atoms with Crippen molar-refractivity contribution in [2.45, 2.75) is 20.6 Å². The van der Waals surface area contributed by atoms with Crippen molar-refractivity contribution in [1.29, 1.82) is 0 Å². The molecule has 0 radical (unpaired) electrons. The molecule has 1 N–H and O–H groups in total. The van der Waals surface area contributed by atoms with Gasteiger partial charge in [-0.15, -0.1) is 0 Å². The molecule has 0 aliphatic heterocycles. The van der Waals surface area contributed by atoms with Crippen molar-refractivity contribution in [1.82, 2.24) is 19.4 Å². The van der Waals surface area contributed by atoms with Crippen LogP contribution in [0, 0.1) is 0 Å². The Morgan fingerprint density at radius 1 is 0.977 bits per heavy atom. The topological polar surface area (TPSA) is 126 Å². The minimum Gasteiger partial charge on any atom is -0.497 e. The number of likely N-dealkylation sites (N-methyl/N-ethyl adjacent to an activating group) is 1. The Morgan fingerprint density at radius 3 is 2.43 bits per heavy atom. The van der Waals surface area contributed by atoms with Gasteiger partial charge in [0.15, 0.2) is 0 Å². The smallest absolute Gasteiger partial charge is 0.476 e. The van der Waals surface area contributed by atoms with Crippen LogP contribution in [0.1, 0.15) is 13.8 Å². The van der Waals surface area contributed by atoms with Crippen molar-refractivity contribution in [3.05, 3.63) is 67.1 Å². The molecule has 0 saturated carbocycles. The Bertz CT molecular complexity index is 1660. The molecule has 12 nitrogen and oxygen atoms in total. The minimum absolute atomic E-state index is 0.126. The van der Waals surface area contributed by atoms with E-state index in [4.69, 9.17) is 28.0 Å². The number of rotatable bonds is 15. The fourth-order valence-electron chi connectivity index (χ4n) is 4.42. The number of nitrogens with zero attached hydrogens (tertiary/aromatic N) is 4. The van der Waals surface area contributed by atoms with E-state index in [1.807, 2.05) is 55.5 Å². The van der Waals surface area contributed by atoms with Gasteiger partial charge in [-0.25, -0.2) is 14.5 Å². The Hall–Kier alpha value is -4.06. The summed E-state index contributed by atoms with van der Waals surface area (Å²) in [4.78, 5) is 23.5. The lowest BCUT2D eigenvalue weighted by atomic mass is 10.0. The summed E-state index contributed by atoms with van der Waals surface area (Å²) >= 11 is 0. The molecule has 13 heteroatoms. The number of carbonyl (C=O) groups is 1.